The Kier molecular flexibility index (Phi) is 4.89. The molecule has 0 aliphatic carbocycles. The molecule has 0 fully saturated rings. The Hall–Kier alpha value is -1.14. The molecule has 0 aromatic heterocycles. The third-order valence-electron chi connectivity index (χ3n) is 2.29. The summed E-state index contributed by atoms with van der Waals surface area (Å²) in [4.78, 5) is 0. The van der Waals surface area contributed by atoms with Crippen LogP contribution in [0.2, 0.25) is 0 Å². The first kappa shape index (κ1) is 13.9. The van der Waals surface area contributed by atoms with Gasteiger partial charge < -0.3 is 5.11 Å². The molecule has 0 heterocycles. The normalized spacial score (nSPS) is 11.5. The monoisotopic (exact) mass is 261 g/mol. The second-order valence-electron chi connectivity index (χ2n) is 3.81. The molecule has 0 saturated heterocycles. The minimum Gasteiger partial charge on any atom is -0.396 e. The number of aliphatic hydroxyl groups excluding tert-OH is 1. The number of halogens is 1. The van der Waals surface area contributed by atoms with Gasteiger partial charge in [0.1, 0.15) is 5.82 Å². The fourth-order valence-corrected chi connectivity index (χ4v) is 2.57. The summed E-state index contributed by atoms with van der Waals surface area (Å²) in [5, 5.41) is 8.57. The van der Waals surface area contributed by atoms with E-state index in [0.717, 1.165) is 6.07 Å². The third kappa shape index (κ3) is 4.70. The summed E-state index contributed by atoms with van der Waals surface area (Å²) in [6.45, 7) is 1.67. The maximum absolute atomic E-state index is 13.0. The molecule has 2 N–H and O–H groups in total. The van der Waals surface area contributed by atoms with Crippen molar-refractivity contribution < 1.29 is 17.9 Å². The number of benzene rings is 1. The lowest BCUT2D eigenvalue weighted by Gasteiger charge is -2.10. The van der Waals surface area contributed by atoms with Gasteiger partial charge in [0.25, 0.3) is 0 Å². The molecule has 0 atom stereocenters. The molecule has 0 aliphatic heterocycles. The Balaban J connectivity index is 2.72. The highest BCUT2D eigenvalue weighted by Crippen LogP contribution is 2.17. The highest BCUT2D eigenvalue weighted by atomic mass is 32.2. The third-order valence-corrected chi connectivity index (χ3v) is 3.64. The minimum atomic E-state index is -3.47. The SMILES string of the molecule is Cc1ccc(F)cc1NS(=O)(=O)CCCCO. The van der Waals surface area contributed by atoms with Gasteiger partial charge in [-0.15, -0.1) is 0 Å². The van der Waals surface area contributed by atoms with Crippen molar-refractivity contribution in [2.24, 2.45) is 0 Å². The molecule has 4 nitrogen and oxygen atoms in total. The summed E-state index contributed by atoms with van der Waals surface area (Å²) in [5.41, 5.74) is 0.922. The summed E-state index contributed by atoms with van der Waals surface area (Å²) >= 11 is 0. The predicted molar refractivity (Wildman–Crippen MR) is 64.9 cm³/mol. The number of unbranched alkanes of at least 4 members (excludes halogenated alkanes) is 1. The van der Waals surface area contributed by atoms with Crippen LogP contribution in [0.3, 0.4) is 0 Å². The van der Waals surface area contributed by atoms with Crippen molar-refractivity contribution >= 4 is 15.7 Å². The van der Waals surface area contributed by atoms with E-state index in [4.69, 9.17) is 5.11 Å². The summed E-state index contributed by atoms with van der Waals surface area (Å²) in [7, 11) is -3.47. The summed E-state index contributed by atoms with van der Waals surface area (Å²) in [6, 6.07) is 3.94. The van der Waals surface area contributed by atoms with Crippen LogP contribution < -0.4 is 4.72 Å². The average Bonchev–Trinajstić information content (AvgIpc) is 2.23. The van der Waals surface area contributed by atoms with Gasteiger partial charge in [-0.05, 0) is 37.5 Å². The second kappa shape index (κ2) is 5.97. The van der Waals surface area contributed by atoms with Gasteiger partial charge in [-0.25, -0.2) is 12.8 Å². The van der Waals surface area contributed by atoms with E-state index in [1.165, 1.54) is 12.1 Å². The highest BCUT2D eigenvalue weighted by Gasteiger charge is 2.11. The van der Waals surface area contributed by atoms with Gasteiger partial charge in [-0.2, -0.15) is 0 Å². The molecule has 0 bridgehead atoms. The number of anilines is 1. The quantitative estimate of drug-likeness (QED) is 0.765. The first-order valence-corrected chi connectivity index (χ1v) is 6.97. The van der Waals surface area contributed by atoms with Crippen molar-refractivity contribution in [3.8, 4) is 0 Å². The molecular weight excluding hydrogens is 245 g/mol. The van der Waals surface area contributed by atoms with E-state index < -0.39 is 15.8 Å². The van der Waals surface area contributed by atoms with E-state index in [-0.39, 0.29) is 18.0 Å². The highest BCUT2D eigenvalue weighted by molar-refractivity contribution is 7.92. The van der Waals surface area contributed by atoms with Gasteiger partial charge in [-0.3, -0.25) is 4.72 Å². The maximum atomic E-state index is 13.0. The van der Waals surface area contributed by atoms with E-state index >= 15 is 0 Å². The van der Waals surface area contributed by atoms with Crippen LogP contribution in [0.15, 0.2) is 18.2 Å². The van der Waals surface area contributed by atoms with Gasteiger partial charge in [0.05, 0.1) is 11.4 Å². The number of hydrogen-bond donors (Lipinski definition) is 2. The van der Waals surface area contributed by atoms with Crippen LogP contribution >= 0.6 is 0 Å². The fourth-order valence-electron chi connectivity index (χ4n) is 1.33. The second-order valence-corrected chi connectivity index (χ2v) is 5.65. The first-order chi connectivity index (χ1) is 7.94. The number of rotatable bonds is 6. The Bertz CT molecular complexity index is 474. The standard InChI is InChI=1S/C11H16FNO3S/c1-9-4-5-10(12)8-11(9)13-17(15,16)7-3-2-6-14/h4-5,8,13-14H,2-3,6-7H2,1H3. The van der Waals surface area contributed by atoms with Gasteiger partial charge in [-0.1, -0.05) is 6.07 Å². The molecule has 1 aromatic rings. The van der Waals surface area contributed by atoms with Crippen LogP contribution in [0.5, 0.6) is 0 Å². The van der Waals surface area contributed by atoms with Gasteiger partial charge in [0.15, 0.2) is 0 Å². The van der Waals surface area contributed by atoms with Crippen molar-refractivity contribution in [1.29, 1.82) is 0 Å². The molecule has 0 aliphatic rings. The van der Waals surface area contributed by atoms with Gasteiger partial charge >= 0.3 is 0 Å². The average molecular weight is 261 g/mol. The van der Waals surface area contributed by atoms with Gasteiger partial charge in [0, 0.05) is 6.61 Å². The Morgan fingerprint density at radius 2 is 2.06 bits per heavy atom. The largest absolute Gasteiger partial charge is 0.396 e. The van der Waals surface area contributed by atoms with Crippen LogP contribution in [0.1, 0.15) is 18.4 Å². The van der Waals surface area contributed by atoms with Gasteiger partial charge in [0.2, 0.25) is 10.0 Å². The van der Waals surface area contributed by atoms with Crippen molar-refractivity contribution in [2.45, 2.75) is 19.8 Å². The van der Waals surface area contributed by atoms with Crippen LogP contribution in [0, 0.1) is 12.7 Å². The molecule has 6 heteroatoms. The predicted octanol–water partition coefficient (Wildman–Crippen LogP) is 1.65. The van der Waals surface area contributed by atoms with E-state index in [1.54, 1.807) is 6.92 Å². The van der Waals surface area contributed by atoms with Crippen molar-refractivity contribution in [3.63, 3.8) is 0 Å². The van der Waals surface area contributed by atoms with Crippen LogP contribution in [-0.2, 0) is 10.0 Å². The fraction of sp³-hybridized carbons (Fsp3) is 0.455. The molecule has 1 aromatic carbocycles. The van der Waals surface area contributed by atoms with Crippen LogP contribution in [0.25, 0.3) is 0 Å². The molecular formula is C11H16FNO3S. The molecule has 96 valence electrons. The topological polar surface area (TPSA) is 66.4 Å². The van der Waals surface area contributed by atoms with Crippen LogP contribution in [-0.4, -0.2) is 25.9 Å². The summed E-state index contributed by atoms with van der Waals surface area (Å²) < 4.78 is 38.5. The molecule has 0 radical (unpaired) electrons. The molecule has 1 rings (SSSR count). The number of aliphatic hydroxyl groups is 1. The molecule has 0 spiro atoms. The molecule has 0 unspecified atom stereocenters. The summed E-state index contributed by atoms with van der Waals surface area (Å²) in [6.07, 6.45) is 0.809. The van der Waals surface area contributed by atoms with Crippen molar-refractivity contribution in [1.82, 2.24) is 0 Å². The number of sulfonamides is 1. The van der Waals surface area contributed by atoms with Crippen LogP contribution in [0.4, 0.5) is 10.1 Å². The smallest absolute Gasteiger partial charge is 0.232 e. The number of aryl methyl sites for hydroxylation is 1. The maximum Gasteiger partial charge on any atom is 0.232 e. The molecule has 0 amide bonds. The zero-order chi connectivity index (χ0) is 12.9. The van der Waals surface area contributed by atoms with E-state index in [0.29, 0.717) is 18.4 Å². The Labute approximate surface area is 101 Å². The number of hydrogen-bond acceptors (Lipinski definition) is 3. The van der Waals surface area contributed by atoms with E-state index in [1.807, 2.05) is 0 Å². The lowest BCUT2D eigenvalue weighted by Crippen LogP contribution is -2.17. The summed E-state index contributed by atoms with van der Waals surface area (Å²) in [5.74, 6) is -0.563. The lowest BCUT2D eigenvalue weighted by molar-refractivity contribution is 0.287. The Morgan fingerprint density at radius 1 is 1.35 bits per heavy atom. The van der Waals surface area contributed by atoms with E-state index in [9.17, 15) is 12.8 Å². The molecule has 0 saturated carbocycles. The van der Waals surface area contributed by atoms with Crippen molar-refractivity contribution in [2.75, 3.05) is 17.1 Å². The van der Waals surface area contributed by atoms with E-state index in [2.05, 4.69) is 4.72 Å². The zero-order valence-electron chi connectivity index (χ0n) is 9.61. The molecule has 17 heavy (non-hydrogen) atoms. The van der Waals surface area contributed by atoms with Crippen molar-refractivity contribution in [3.05, 3.63) is 29.6 Å². The zero-order valence-corrected chi connectivity index (χ0v) is 10.4. The Morgan fingerprint density at radius 3 is 2.71 bits per heavy atom. The first-order valence-electron chi connectivity index (χ1n) is 5.32. The minimum absolute atomic E-state index is 0.0332. The lowest BCUT2D eigenvalue weighted by atomic mass is 10.2. The number of nitrogens with one attached hydrogen (secondary N) is 1.